The Morgan fingerprint density at radius 1 is 1.09 bits per heavy atom. The highest BCUT2D eigenvalue weighted by molar-refractivity contribution is 6.03. The van der Waals surface area contributed by atoms with Crippen LogP contribution < -0.4 is 15.4 Å². The maximum atomic E-state index is 12.1. The molecule has 0 aliphatic carbocycles. The van der Waals surface area contributed by atoms with E-state index in [2.05, 4.69) is 10.6 Å². The summed E-state index contributed by atoms with van der Waals surface area (Å²) in [5, 5.41) is 5.25. The Hall–Kier alpha value is -2.82. The normalized spacial score (nSPS) is 10.0. The Labute approximate surface area is 135 Å². The molecule has 0 spiro atoms. The summed E-state index contributed by atoms with van der Waals surface area (Å²) in [6, 6.07) is 12.6. The Kier molecular flexibility index (Phi) is 5.36. The van der Waals surface area contributed by atoms with Crippen LogP contribution in [-0.4, -0.2) is 25.5 Å². The average Bonchev–Trinajstić information content (AvgIpc) is 2.54. The Morgan fingerprint density at radius 2 is 1.83 bits per heavy atom. The van der Waals surface area contributed by atoms with Gasteiger partial charge < -0.3 is 15.4 Å². The molecule has 0 fully saturated rings. The molecule has 0 saturated heterocycles. The Balaban J connectivity index is 2.01. The first kappa shape index (κ1) is 16.5. The molecular weight excluding hydrogens is 292 g/mol. The molecule has 2 aromatic carbocycles. The van der Waals surface area contributed by atoms with Crippen molar-refractivity contribution in [3.8, 4) is 5.75 Å². The van der Waals surface area contributed by atoms with Gasteiger partial charge in [-0.05, 0) is 37.6 Å². The highest BCUT2D eigenvalue weighted by Gasteiger charge is 2.12. The summed E-state index contributed by atoms with van der Waals surface area (Å²) in [4.78, 5) is 23.8. The van der Waals surface area contributed by atoms with Crippen molar-refractivity contribution >= 4 is 17.5 Å². The van der Waals surface area contributed by atoms with Crippen molar-refractivity contribution in [3.63, 3.8) is 0 Å². The highest BCUT2D eigenvalue weighted by atomic mass is 16.5. The van der Waals surface area contributed by atoms with E-state index in [1.54, 1.807) is 31.3 Å². The molecule has 0 radical (unpaired) electrons. The molecule has 23 heavy (non-hydrogen) atoms. The third kappa shape index (κ3) is 4.32. The number of hydrogen-bond donors (Lipinski definition) is 2. The van der Waals surface area contributed by atoms with Crippen LogP contribution in [0, 0.1) is 13.8 Å². The summed E-state index contributed by atoms with van der Waals surface area (Å²) in [5.41, 5.74) is 2.98. The SMILES string of the molecule is CNC(=O)c1ccccc1NC(=O)COc1ccc(C)cc1C. The number of rotatable bonds is 5. The molecule has 2 rings (SSSR count). The third-order valence-electron chi connectivity index (χ3n) is 3.36. The van der Waals surface area contributed by atoms with E-state index >= 15 is 0 Å². The summed E-state index contributed by atoms with van der Waals surface area (Å²) in [7, 11) is 1.55. The maximum absolute atomic E-state index is 12.1. The van der Waals surface area contributed by atoms with Crippen molar-refractivity contribution in [2.75, 3.05) is 19.0 Å². The van der Waals surface area contributed by atoms with Gasteiger partial charge in [-0.3, -0.25) is 9.59 Å². The second kappa shape index (κ2) is 7.45. The quantitative estimate of drug-likeness (QED) is 0.892. The molecule has 0 atom stereocenters. The molecule has 2 amide bonds. The lowest BCUT2D eigenvalue weighted by molar-refractivity contribution is -0.118. The number of benzene rings is 2. The molecular formula is C18H20N2O3. The predicted molar refractivity (Wildman–Crippen MR) is 89.9 cm³/mol. The van der Waals surface area contributed by atoms with Crippen LogP contribution in [0.4, 0.5) is 5.69 Å². The summed E-state index contributed by atoms with van der Waals surface area (Å²) < 4.78 is 5.54. The standard InChI is InChI=1S/C18H20N2O3/c1-12-8-9-16(13(2)10-12)23-11-17(21)20-15-7-5-4-6-14(15)18(22)19-3/h4-10H,11H2,1-3H3,(H,19,22)(H,20,21). The van der Waals surface area contributed by atoms with E-state index in [1.807, 2.05) is 32.0 Å². The fourth-order valence-corrected chi connectivity index (χ4v) is 2.22. The average molecular weight is 312 g/mol. The van der Waals surface area contributed by atoms with Gasteiger partial charge in [0.1, 0.15) is 5.75 Å². The topological polar surface area (TPSA) is 67.4 Å². The van der Waals surface area contributed by atoms with Gasteiger partial charge >= 0.3 is 0 Å². The number of carbonyl (C=O) groups excluding carboxylic acids is 2. The molecule has 0 aliphatic heterocycles. The number of carbonyl (C=O) groups is 2. The largest absolute Gasteiger partial charge is 0.483 e. The summed E-state index contributed by atoms with van der Waals surface area (Å²) in [6.07, 6.45) is 0. The molecule has 120 valence electrons. The summed E-state index contributed by atoms with van der Waals surface area (Å²) in [6.45, 7) is 3.81. The summed E-state index contributed by atoms with van der Waals surface area (Å²) >= 11 is 0. The lowest BCUT2D eigenvalue weighted by Gasteiger charge is -2.12. The fourth-order valence-electron chi connectivity index (χ4n) is 2.22. The van der Waals surface area contributed by atoms with E-state index in [0.29, 0.717) is 17.0 Å². The Morgan fingerprint density at radius 3 is 2.52 bits per heavy atom. The van der Waals surface area contributed by atoms with Gasteiger partial charge in [0.2, 0.25) is 0 Å². The molecule has 0 heterocycles. The lowest BCUT2D eigenvalue weighted by Crippen LogP contribution is -2.24. The van der Waals surface area contributed by atoms with Gasteiger partial charge in [-0.25, -0.2) is 0 Å². The van der Waals surface area contributed by atoms with Gasteiger partial charge in [-0.2, -0.15) is 0 Å². The number of amides is 2. The van der Waals surface area contributed by atoms with E-state index in [1.165, 1.54) is 0 Å². The number of para-hydroxylation sites is 1. The van der Waals surface area contributed by atoms with E-state index < -0.39 is 0 Å². The van der Waals surface area contributed by atoms with E-state index in [4.69, 9.17) is 4.74 Å². The maximum Gasteiger partial charge on any atom is 0.262 e. The van der Waals surface area contributed by atoms with Crippen molar-refractivity contribution < 1.29 is 14.3 Å². The lowest BCUT2D eigenvalue weighted by atomic mass is 10.1. The summed E-state index contributed by atoms with van der Waals surface area (Å²) in [5.74, 6) is 0.0999. The smallest absolute Gasteiger partial charge is 0.262 e. The first-order valence-corrected chi connectivity index (χ1v) is 7.32. The third-order valence-corrected chi connectivity index (χ3v) is 3.36. The van der Waals surface area contributed by atoms with Gasteiger partial charge in [0.15, 0.2) is 6.61 Å². The number of nitrogens with one attached hydrogen (secondary N) is 2. The Bertz CT molecular complexity index is 726. The zero-order chi connectivity index (χ0) is 16.8. The molecule has 5 nitrogen and oxygen atoms in total. The van der Waals surface area contributed by atoms with E-state index in [9.17, 15) is 9.59 Å². The molecule has 5 heteroatoms. The zero-order valence-electron chi connectivity index (χ0n) is 13.5. The van der Waals surface area contributed by atoms with E-state index in [0.717, 1.165) is 11.1 Å². The van der Waals surface area contributed by atoms with E-state index in [-0.39, 0.29) is 18.4 Å². The molecule has 0 aromatic heterocycles. The number of hydrogen-bond acceptors (Lipinski definition) is 3. The van der Waals surface area contributed by atoms with Gasteiger partial charge in [0, 0.05) is 7.05 Å². The van der Waals surface area contributed by atoms with Crippen molar-refractivity contribution in [1.82, 2.24) is 5.32 Å². The van der Waals surface area contributed by atoms with Crippen molar-refractivity contribution in [1.29, 1.82) is 0 Å². The minimum atomic E-state index is -0.318. The molecule has 0 unspecified atom stereocenters. The van der Waals surface area contributed by atoms with Crippen LogP contribution in [-0.2, 0) is 4.79 Å². The van der Waals surface area contributed by atoms with Crippen LogP contribution in [0.15, 0.2) is 42.5 Å². The second-order valence-electron chi connectivity index (χ2n) is 5.23. The zero-order valence-corrected chi connectivity index (χ0v) is 13.5. The number of anilines is 1. The minimum absolute atomic E-state index is 0.119. The highest BCUT2D eigenvalue weighted by Crippen LogP contribution is 2.19. The van der Waals surface area contributed by atoms with Crippen molar-refractivity contribution in [2.24, 2.45) is 0 Å². The van der Waals surface area contributed by atoms with Crippen LogP contribution >= 0.6 is 0 Å². The predicted octanol–water partition coefficient (Wildman–Crippen LogP) is 2.68. The van der Waals surface area contributed by atoms with Gasteiger partial charge in [-0.15, -0.1) is 0 Å². The molecule has 2 N–H and O–H groups in total. The van der Waals surface area contributed by atoms with Crippen molar-refractivity contribution in [3.05, 3.63) is 59.2 Å². The molecule has 0 aliphatic rings. The first-order chi connectivity index (χ1) is 11.0. The fraction of sp³-hybridized carbons (Fsp3) is 0.222. The first-order valence-electron chi connectivity index (χ1n) is 7.32. The van der Waals surface area contributed by atoms with Gasteiger partial charge in [0.05, 0.1) is 11.3 Å². The van der Waals surface area contributed by atoms with Gasteiger partial charge in [0.25, 0.3) is 11.8 Å². The number of ether oxygens (including phenoxy) is 1. The van der Waals surface area contributed by atoms with Crippen LogP contribution in [0.5, 0.6) is 5.75 Å². The second-order valence-corrected chi connectivity index (χ2v) is 5.23. The van der Waals surface area contributed by atoms with Crippen LogP contribution in [0.3, 0.4) is 0 Å². The molecule has 2 aromatic rings. The molecule has 0 saturated carbocycles. The number of aryl methyl sites for hydroxylation is 2. The van der Waals surface area contributed by atoms with Crippen LogP contribution in [0.1, 0.15) is 21.5 Å². The van der Waals surface area contributed by atoms with Crippen LogP contribution in [0.25, 0.3) is 0 Å². The van der Waals surface area contributed by atoms with Crippen molar-refractivity contribution in [2.45, 2.75) is 13.8 Å². The van der Waals surface area contributed by atoms with Crippen LogP contribution in [0.2, 0.25) is 0 Å². The minimum Gasteiger partial charge on any atom is -0.483 e. The monoisotopic (exact) mass is 312 g/mol. The molecule has 0 bridgehead atoms. The van der Waals surface area contributed by atoms with Gasteiger partial charge in [-0.1, -0.05) is 29.8 Å².